The van der Waals surface area contributed by atoms with Gasteiger partial charge in [0, 0.05) is 39.5 Å². The quantitative estimate of drug-likeness (QED) is 0.119. The van der Waals surface area contributed by atoms with Gasteiger partial charge in [0.1, 0.15) is 17.5 Å². The summed E-state index contributed by atoms with van der Waals surface area (Å²) in [7, 11) is 0. The number of halogens is 3. The number of aryl methyl sites for hydroxylation is 1. The van der Waals surface area contributed by atoms with Crippen LogP contribution >= 0.6 is 0 Å². The van der Waals surface area contributed by atoms with E-state index in [1.165, 1.54) is 10.6 Å². The molecule has 280 valence electrons. The molecular weight excluding hydrogens is 715 g/mol. The third-order valence-corrected chi connectivity index (χ3v) is 10.8. The number of fused-ring (bicyclic) bond motifs is 10. The summed E-state index contributed by atoms with van der Waals surface area (Å²) in [5.41, 5.74) is 1.15. The summed E-state index contributed by atoms with van der Waals surface area (Å²) in [6.45, 7) is 0.472. The van der Waals surface area contributed by atoms with Crippen LogP contribution in [0.5, 0.6) is 0 Å². The molecule has 7 aromatic rings. The molecule has 2 amide bonds. The molecule has 3 unspecified atom stereocenters. The summed E-state index contributed by atoms with van der Waals surface area (Å²) in [5.74, 6) is -4.46. The fraction of sp³-hybridized carbons (Fsp3) is 0.238. The van der Waals surface area contributed by atoms with Crippen molar-refractivity contribution in [2.24, 2.45) is 0 Å². The van der Waals surface area contributed by atoms with Crippen LogP contribution in [0.1, 0.15) is 50.1 Å². The summed E-state index contributed by atoms with van der Waals surface area (Å²) in [5, 5.41) is 24.7. The van der Waals surface area contributed by atoms with E-state index in [0.29, 0.717) is 16.5 Å². The molecule has 2 aromatic heterocycles. The van der Waals surface area contributed by atoms with Gasteiger partial charge in [0.15, 0.2) is 17.9 Å². The zero-order valence-electron chi connectivity index (χ0n) is 29.4. The summed E-state index contributed by atoms with van der Waals surface area (Å²) >= 11 is 0. The number of aliphatic hydroxyl groups excluding tert-OH is 2. The number of rotatable bonds is 9. The molecule has 1 saturated heterocycles. The van der Waals surface area contributed by atoms with Crippen LogP contribution in [0.25, 0.3) is 43.6 Å². The number of H-pyrrole nitrogens is 1. The standard InChI is InChI=1S/C42H34F3N3O7/c1-21-12-29-24(13-26(21)43)32-34-35(40(52)47-39(34)51)33-25-14-27(44)28(45)15-30(25)48(37(33)36(32)46-29)41-38(54-18-23-10-6-3-7-11-23)31(16-42(19-49,20-50)55-41)53-17-22-8-4-2-5-9-22/h2-15,31,38,41,46,49-50H,16-20H2,1H3,(H,47,51,52). The van der Waals surface area contributed by atoms with Crippen molar-refractivity contribution in [2.75, 3.05) is 13.2 Å². The van der Waals surface area contributed by atoms with Crippen molar-refractivity contribution >= 4 is 55.4 Å². The molecule has 4 N–H and O–H groups in total. The van der Waals surface area contributed by atoms with Gasteiger partial charge in [-0.1, -0.05) is 60.7 Å². The first-order valence-electron chi connectivity index (χ1n) is 17.8. The van der Waals surface area contributed by atoms with Crippen molar-refractivity contribution in [1.29, 1.82) is 0 Å². The molecule has 13 heteroatoms. The molecule has 4 heterocycles. The molecule has 2 aliphatic rings. The maximum Gasteiger partial charge on any atom is 0.259 e. The van der Waals surface area contributed by atoms with E-state index in [4.69, 9.17) is 14.2 Å². The number of carbonyl (C=O) groups is 2. The van der Waals surface area contributed by atoms with Crippen LogP contribution < -0.4 is 5.32 Å². The molecule has 55 heavy (non-hydrogen) atoms. The minimum absolute atomic E-state index is 0.0183. The number of benzene rings is 5. The zero-order chi connectivity index (χ0) is 38.2. The summed E-state index contributed by atoms with van der Waals surface area (Å²) in [4.78, 5) is 30.6. The van der Waals surface area contributed by atoms with E-state index in [1.807, 2.05) is 60.7 Å². The Bertz CT molecular complexity index is 2670. The Hall–Kier alpha value is -5.57. The van der Waals surface area contributed by atoms with Crippen LogP contribution in [0.15, 0.2) is 84.9 Å². The molecule has 5 aromatic carbocycles. The van der Waals surface area contributed by atoms with Crippen LogP contribution in [-0.4, -0.2) is 62.6 Å². The minimum Gasteiger partial charge on any atom is -0.393 e. The number of hydrogen-bond donors (Lipinski definition) is 4. The van der Waals surface area contributed by atoms with Gasteiger partial charge in [0.05, 0.1) is 60.2 Å². The first-order chi connectivity index (χ1) is 26.6. The summed E-state index contributed by atoms with van der Waals surface area (Å²) in [6.07, 6.45) is -3.26. The van der Waals surface area contributed by atoms with Crippen LogP contribution in [0.3, 0.4) is 0 Å². The second-order valence-corrected chi connectivity index (χ2v) is 14.2. The van der Waals surface area contributed by atoms with Gasteiger partial charge in [-0.05, 0) is 41.8 Å². The van der Waals surface area contributed by atoms with E-state index in [1.54, 1.807) is 13.0 Å². The highest BCUT2D eigenvalue weighted by Crippen LogP contribution is 2.48. The SMILES string of the molecule is Cc1cc2[nH]c3c(c4c(c5c6cc(F)c(F)cc6n(C6OC(CO)(CO)CC(OCc7ccccc7)C6OCc6ccccc6)c35)C(=O)NC4=O)c2cc1F. The number of ether oxygens (including phenoxy) is 3. The van der Waals surface area contributed by atoms with Crippen molar-refractivity contribution in [2.45, 2.75) is 50.6 Å². The normalized spacial score (nSPS) is 19.6. The van der Waals surface area contributed by atoms with Crippen molar-refractivity contribution in [3.63, 3.8) is 0 Å². The highest BCUT2D eigenvalue weighted by Gasteiger charge is 2.50. The second kappa shape index (κ2) is 13.3. The summed E-state index contributed by atoms with van der Waals surface area (Å²) in [6, 6.07) is 23.5. The maximum absolute atomic E-state index is 15.5. The van der Waals surface area contributed by atoms with Crippen molar-refractivity contribution in [3.8, 4) is 0 Å². The smallest absolute Gasteiger partial charge is 0.259 e. The molecule has 0 spiro atoms. The second-order valence-electron chi connectivity index (χ2n) is 14.2. The number of aromatic amines is 1. The number of hydrogen-bond acceptors (Lipinski definition) is 7. The molecule has 2 aliphatic heterocycles. The molecule has 0 saturated carbocycles. The van der Waals surface area contributed by atoms with Gasteiger partial charge >= 0.3 is 0 Å². The lowest BCUT2D eigenvalue weighted by Gasteiger charge is -2.47. The molecule has 1 fully saturated rings. The Morgan fingerprint density at radius 2 is 1.40 bits per heavy atom. The summed E-state index contributed by atoms with van der Waals surface area (Å²) < 4.78 is 67.5. The van der Waals surface area contributed by atoms with Gasteiger partial charge in [0.2, 0.25) is 0 Å². The number of amides is 2. The molecule has 9 rings (SSSR count). The van der Waals surface area contributed by atoms with Gasteiger partial charge in [-0.15, -0.1) is 0 Å². The topological polar surface area (TPSA) is 135 Å². The Morgan fingerprint density at radius 3 is 2.05 bits per heavy atom. The van der Waals surface area contributed by atoms with Crippen LogP contribution in [-0.2, 0) is 27.4 Å². The lowest BCUT2D eigenvalue weighted by molar-refractivity contribution is -0.280. The molecule has 3 atom stereocenters. The Balaban J connectivity index is 1.37. The van der Waals surface area contributed by atoms with Crippen molar-refractivity contribution < 1.29 is 47.2 Å². The monoisotopic (exact) mass is 749 g/mol. The number of aromatic nitrogens is 2. The Morgan fingerprint density at radius 1 is 0.800 bits per heavy atom. The number of carbonyl (C=O) groups excluding carboxylic acids is 2. The lowest BCUT2D eigenvalue weighted by atomic mass is 9.90. The van der Waals surface area contributed by atoms with E-state index in [0.717, 1.165) is 23.3 Å². The molecule has 0 radical (unpaired) electrons. The maximum atomic E-state index is 15.5. The van der Waals surface area contributed by atoms with Crippen molar-refractivity contribution in [1.82, 2.24) is 14.9 Å². The molecule has 0 bridgehead atoms. The number of imide groups is 1. The fourth-order valence-corrected chi connectivity index (χ4v) is 8.14. The molecule has 0 aliphatic carbocycles. The molecular formula is C42H34F3N3O7. The zero-order valence-corrected chi connectivity index (χ0v) is 29.4. The molecule has 10 nitrogen and oxygen atoms in total. The van der Waals surface area contributed by atoms with Crippen LogP contribution in [0, 0.1) is 24.4 Å². The largest absolute Gasteiger partial charge is 0.393 e. The van der Waals surface area contributed by atoms with E-state index in [9.17, 15) is 19.8 Å². The van der Waals surface area contributed by atoms with Crippen LogP contribution in [0.2, 0.25) is 0 Å². The Labute approximate surface area is 311 Å². The average Bonchev–Trinajstić information content (AvgIpc) is 3.81. The van der Waals surface area contributed by atoms with Gasteiger partial charge < -0.3 is 34.0 Å². The first kappa shape index (κ1) is 35.2. The van der Waals surface area contributed by atoms with E-state index in [-0.39, 0.29) is 63.5 Å². The predicted molar refractivity (Wildman–Crippen MR) is 197 cm³/mol. The predicted octanol–water partition coefficient (Wildman–Crippen LogP) is 6.85. The van der Waals surface area contributed by atoms with E-state index < -0.39 is 66.5 Å². The highest BCUT2D eigenvalue weighted by molar-refractivity contribution is 6.39. The third-order valence-electron chi connectivity index (χ3n) is 10.8. The number of nitrogens with one attached hydrogen (secondary N) is 2. The third kappa shape index (κ3) is 5.61. The van der Waals surface area contributed by atoms with E-state index >= 15 is 13.2 Å². The van der Waals surface area contributed by atoms with Crippen molar-refractivity contribution in [3.05, 3.63) is 130 Å². The minimum atomic E-state index is -1.62. The van der Waals surface area contributed by atoms with Gasteiger partial charge in [-0.25, -0.2) is 13.2 Å². The number of nitrogens with zero attached hydrogens (tertiary/aromatic N) is 1. The average molecular weight is 750 g/mol. The number of aliphatic hydroxyl groups is 2. The lowest BCUT2D eigenvalue weighted by Crippen LogP contribution is -2.57. The van der Waals surface area contributed by atoms with Gasteiger partial charge in [0.25, 0.3) is 11.8 Å². The van der Waals surface area contributed by atoms with Gasteiger partial charge in [-0.2, -0.15) is 0 Å². The van der Waals surface area contributed by atoms with E-state index in [2.05, 4.69) is 10.3 Å². The van der Waals surface area contributed by atoms with Crippen LogP contribution in [0.4, 0.5) is 13.2 Å². The fourth-order valence-electron chi connectivity index (χ4n) is 8.14. The van der Waals surface area contributed by atoms with Gasteiger partial charge in [-0.3, -0.25) is 14.9 Å². The Kier molecular flexibility index (Phi) is 8.51. The first-order valence-corrected chi connectivity index (χ1v) is 17.8. The highest BCUT2D eigenvalue weighted by atomic mass is 19.2.